The van der Waals surface area contributed by atoms with Gasteiger partial charge in [0.05, 0.1) is 39.9 Å². The quantitative estimate of drug-likeness (QED) is 0.0243. The lowest BCUT2D eigenvalue weighted by molar-refractivity contribution is -0.870. The molecule has 0 aliphatic carbocycles. The number of aliphatic hydroxyl groups is 1. The number of likely N-dealkylation sites (N-methyl/N-ethyl adjacent to an activating group) is 1. The number of quaternary nitrogens is 1. The Morgan fingerprint density at radius 2 is 0.935 bits per heavy atom. The highest BCUT2D eigenvalue weighted by atomic mass is 31.2. The number of rotatable bonds is 46. The monoisotopic (exact) mass is 892 g/mol. The van der Waals surface area contributed by atoms with Crippen molar-refractivity contribution in [3.05, 3.63) is 60.8 Å². The lowest BCUT2D eigenvalue weighted by atomic mass is 10.1. The Kier molecular flexibility index (Phi) is 43.1. The number of unbranched alkanes of at least 4 members (excludes halogenated alkanes) is 25. The predicted molar refractivity (Wildman–Crippen MR) is 267 cm³/mol. The third-order valence-electron chi connectivity index (χ3n) is 11.2. The first-order chi connectivity index (χ1) is 30.0. The van der Waals surface area contributed by atoms with E-state index >= 15 is 0 Å². The van der Waals surface area contributed by atoms with Crippen LogP contribution in [-0.4, -0.2) is 73.4 Å². The summed E-state index contributed by atoms with van der Waals surface area (Å²) in [4.78, 5) is 23.2. The van der Waals surface area contributed by atoms with Crippen LogP contribution in [0.1, 0.15) is 219 Å². The van der Waals surface area contributed by atoms with Gasteiger partial charge in [-0.25, -0.2) is 4.57 Å². The van der Waals surface area contributed by atoms with Crippen molar-refractivity contribution >= 4 is 13.7 Å². The molecule has 0 aliphatic heterocycles. The minimum Gasteiger partial charge on any atom is -0.387 e. The lowest BCUT2D eigenvalue weighted by Crippen LogP contribution is -2.45. The van der Waals surface area contributed by atoms with Gasteiger partial charge in [0.2, 0.25) is 5.91 Å². The van der Waals surface area contributed by atoms with Gasteiger partial charge in [0.15, 0.2) is 0 Å². The third-order valence-corrected chi connectivity index (χ3v) is 12.2. The molecule has 0 saturated carbocycles. The lowest BCUT2D eigenvalue weighted by Gasteiger charge is -2.25. The van der Waals surface area contributed by atoms with E-state index in [2.05, 4.69) is 67.8 Å². The predicted octanol–water partition coefficient (Wildman–Crippen LogP) is 15.0. The summed E-state index contributed by atoms with van der Waals surface area (Å²) in [6.45, 7) is 4.77. The van der Waals surface area contributed by atoms with Crippen molar-refractivity contribution in [2.45, 2.75) is 231 Å². The van der Waals surface area contributed by atoms with E-state index in [1.807, 2.05) is 27.2 Å². The van der Waals surface area contributed by atoms with Crippen LogP contribution in [0.2, 0.25) is 0 Å². The molecule has 8 nitrogen and oxygen atoms in total. The Hall–Kier alpha value is -1.80. The zero-order valence-corrected chi connectivity index (χ0v) is 42.0. The van der Waals surface area contributed by atoms with Crippen LogP contribution in [0.4, 0.5) is 0 Å². The maximum atomic E-state index is 12.9. The maximum absolute atomic E-state index is 12.9. The van der Waals surface area contributed by atoms with Gasteiger partial charge in [-0.2, -0.15) is 0 Å². The van der Waals surface area contributed by atoms with Crippen molar-refractivity contribution in [1.82, 2.24) is 5.32 Å². The van der Waals surface area contributed by atoms with E-state index in [4.69, 9.17) is 9.05 Å². The molecule has 0 aromatic carbocycles. The van der Waals surface area contributed by atoms with Crippen LogP contribution in [0.3, 0.4) is 0 Å². The van der Waals surface area contributed by atoms with Crippen molar-refractivity contribution in [2.75, 3.05) is 40.9 Å². The van der Waals surface area contributed by atoms with E-state index in [0.717, 1.165) is 51.4 Å². The van der Waals surface area contributed by atoms with Crippen molar-refractivity contribution in [3.8, 4) is 0 Å². The van der Waals surface area contributed by atoms with E-state index in [1.165, 1.54) is 148 Å². The van der Waals surface area contributed by atoms with Gasteiger partial charge >= 0.3 is 7.82 Å². The van der Waals surface area contributed by atoms with Crippen LogP contribution in [0, 0.1) is 0 Å². The number of aliphatic hydroxyl groups excluding tert-OH is 1. The van der Waals surface area contributed by atoms with Crippen molar-refractivity contribution < 1.29 is 32.9 Å². The molecule has 0 aromatic heterocycles. The van der Waals surface area contributed by atoms with E-state index in [-0.39, 0.29) is 19.1 Å². The zero-order valence-electron chi connectivity index (χ0n) is 41.1. The van der Waals surface area contributed by atoms with Crippen molar-refractivity contribution in [3.63, 3.8) is 0 Å². The summed E-state index contributed by atoms with van der Waals surface area (Å²) in [5.41, 5.74) is 0. The number of nitrogens with zero attached hydrogens (tertiary/aromatic N) is 1. The SMILES string of the molecule is CCCCCCC/C=C\C/C=C\CCCCCCCCCCCC(=O)NC(COP(=O)(O)OCC[N+](C)(C)C)C(O)/C=C/CC/C=C/CC/C=C/CCCCCCCCCCC. The summed E-state index contributed by atoms with van der Waals surface area (Å²) in [5.74, 6) is -0.196. The van der Waals surface area contributed by atoms with E-state index in [0.29, 0.717) is 17.4 Å². The Morgan fingerprint density at radius 3 is 1.39 bits per heavy atom. The van der Waals surface area contributed by atoms with E-state index < -0.39 is 20.0 Å². The highest BCUT2D eigenvalue weighted by molar-refractivity contribution is 7.47. The second-order valence-corrected chi connectivity index (χ2v) is 20.0. The Bertz CT molecular complexity index is 1190. The molecule has 0 fully saturated rings. The molecule has 0 bridgehead atoms. The fourth-order valence-electron chi connectivity index (χ4n) is 7.10. The van der Waals surface area contributed by atoms with Crippen molar-refractivity contribution in [2.24, 2.45) is 0 Å². The number of hydrogen-bond acceptors (Lipinski definition) is 5. The van der Waals surface area contributed by atoms with Crippen LogP contribution < -0.4 is 5.32 Å². The van der Waals surface area contributed by atoms with Crippen LogP contribution >= 0.6 is 7.82 Å². The zero-order chi connectivity index (χ0) is 45.7. The van der Waals surface area contributed by atoms with Gasteiger partial charge < -0.3 is 19.8 Å². The molecule has 0 saturated heterocycles. The molecule has 362 valence electrons. The van der Waals surface area contributed by atoms with Gasteiger partial charge in [-0.15, -0.1) is 0 Å². The minimum atomic E-state index is -4.36. The molecular weight excluding hydrogens is 792 g/mol. The summed E-state index contributed by atoms with van der Waals surface area (Å²) in [6.07, 6.45) is 58.7. The van der Waals surface area contributed by atoms with Gasteiger partial charge in [-0.05, 0) is 77.0 Å². The first-order valence-electron chi connectivity index (χ1n) is 25.7. The average molecular weight is 892 g/mol. The van der Waals surface area contributed by atoms with Crippen molar-refractivity contribution in [1.29, 1.82) is 0 Å². The molecule has 62 heavy (non-hydrogen) atoms. The van der Waals surface area contributed by atoms with Gasteiger partial charge in [0.25, 0.3) is 0 Å². The topological polar surface area (TPSA) is 105 Å². The molecule has 0 aromatic rings. The number of carbonyl (C=O) groups is 1. The highest BCUT2D eigenvalue weighted by Gasteiger charge is 2.27. The van der Waals surface area contributed by atoms with Gasteiger partial charge in [0.1, 0.15) is 13.2 Å². The first kappa shape index (κ1) is 60.2. The largest absolute Gasteiger partial charge is 0.472 e. The Balaban J connectivity index is 4.40. The first-order valence-corrected chi connectivity index (χ1v) is 27.2. The molecule has 3 atom stereocenters. The molecule has 0 spiro atoms. The fourth-order valence-corrected chi connectivity index (χ4v) is 7.84. The summed E-state index contributed by atoms with van der Waals surface area (Å²) in [6, 6.07) is -0.874. The molecule has 0 aliphatic rings. The molecule has 3 unspecified atom stereocenters. The number of amides is 1. The molecule has 9 heteroatoms. The number of allylic oxidation sites excluding steroid dienone is 9. The Labute approximate surface area is 383 Å². The summed E-state index contributed by atoms with van der Waals surface area (Å²) < 4.78 is 23.6. The maximum Gasteiger partial charge on any atom is 0.472 e. The molecule has 0 radical (unpaired) electrons. The third kappa shape index (κ3) is 46.2. The second-order valence-electron chi connectivity index (χ2n) is 18.5. The summed E-state index contributed by atoms with van der Waals surface area (Å²) in [7, 11) is 1.54. The summed E-state index contributed by atoms with van der Waals surface area (Å²) in [5, 5.41) is 13.9. The number of carbonyl (C=O) groups excluding carboxylic acids is 1. The Morgan fingerprint density at radius 1 is 0.548 bits per heavy atom. The van der Waals surface area contributed by atoms with Gasteiger partial charge in [0, 0.05) is 6.42 Å². The second kappa shape index (κ2) is 44.4. The number of hydrogen-bond donors (Lipinski definition) is 3. The molecule has 0 rings (SSSR count). The van der Waals surface area contributed by atoms with Crippen LogP contribution in [0.5, 0.6) is 0 Å². The molecule has 0 heterocycles. The number of nitrogens with one attached hydrogen (secondary N) is 1. The number of phosphoric ester groups is 1. The highest BCUT2D eigenvalue weighted by Crippen LogP contribution is 2.43. The van der Waals surface area contributed by atoms with E-state index in [1.54, 1.807) is 6.08 Å². The molecule has 1 amide bonds. The van der Waals surface area contributed by atoms with E-state index in [9.17, 15) is 19.4 Å². The smallest absolute Gasteiger partial charge is 0.387 e. The standard InChI is InChI=1S/C53H99N2O6P/c1-6-8-10-12-14-16-18-20-22-24-26-27-29-31-33-35-37-39-41-43-45-47-53(57)54-51(50-61-62(58,59)60-49-48-55(3,4)5)52(56)46-44-42-40-38-36-34-32-30-28-25-23-21-19-17-15-13-11-9-7-2/h18,20,24,26,28,30,36,38,44,46,51-52,56H,6-17,19,21-23,25,27,29,31-35,37,39-43,45,47-50H2,1-5H3,(H-,54,57,58,59)/p+1/b20-18-,26-24-,30-28+,38-36+,46-44+. The molecular formula is C53H100N2O6P+. The van der Waals surface area contributed by atoms with Crippen LogP contribution in [0.25, 0.3) is 0 Å². The fraction of sp³-hybridized carbons (Fsp3) is 0.792. The minimum absolute atomic E-state index is 0.0508. The van der Waals surface area contributed by atoms with Gasteiger partial charge in [-0.3, -0.25) is 13.8 Å². The van der Waals surface area contributed by atoms with Crippen LogP contribution in [-0.2, 0) is 18.4 Å². The normalized spacial score (nSPS) is 14.6. The average Bonchev–Trinajstić information content (AvgIpc) is 3.23. The number of phosphoric acid groups is 1. The van der Waals surface area contributed by atoms with Crippen LogP contribution in [0.15, 0.2) is 60.8 Å². The molecule has 3 N–H and O–H groups in total. The van der Waals surface area contributed by atoms with Gasteiger partial charge in [-0.1, -0.05) is 197 Å². The summed E-state index contributed by atoms with van der Waals surface area (Å²) >= 11 is 0.